The summed E-state index contributed by atoms with van der Waals surface area (Å²) in [5.74, 6) is -1.67. The average Bonchev–Trinajstić information content (AvgIpc) is 3.39. The van der Waals surface area contributed by atoms with Gasteiger partial charge in [0, 0.05) is 23.0 Å². The molecule has 0 bridgehead atoms. The molecule has 4 atom stereocenters. The summed E-state index contributed by atoms with van der Waals surface area (Å²) in [7, 11) is -3.37. The molecular formula is C19H17ClF2N4O2S2. The number of nitrogens with two attached hydrogens (primary N) is 1. The number of aliphatic imine (C=N–C) groups is 1. The number of aromatic nitrogens is 2. The molecule has 1 saturated carbocycles. The van der Waals surface area contributed by atoms with Crippen LogP contribution in [-0.2, 0) is 15.4 Å². The van der Waals surface area contributed by atoms with Gasteiger partial charge >= 0.3 is 0 Å². The lowest BCUT2D eigenvalue weighted by molar-refractivity contribution is 0.407. The maximum absolute atomic E-state index is 14.8. The quantitative estimate of drug-likeness (QED) is 0.735. The van der Waals surface area contributed by atoms with Crippen molar-refractivity contribution in [2.75, 3.05) is 6.26 Å². The number of fused-ring (bicyclic) bond motifs is 1. The van der Waals surface area contributed by atoms with Crippen molar-refractivity contribution >= 4 is 50.3 Å². The van der Waals surface area contributed by atoms with Gasteiger partial charge in [-0.2, -0.15) is 0 Å². The van der Waals surface area contributed by atoms with Gasteiger partial charge < -0.3 is 5.73 Å². The van der Waals surface area contributed by atoms with E-state index in [1.807, 2.05) is 0 Å². The van der Waals surface area contributed by atoms with E-state index in [0.29, 0.717) is 5.56 Å². The highest BCUT2D eigenvalue weighted by Crippen LogP contribution is 2.60. The van der Waals surface area contributed by atoms with Gasteiger partial charge in [0.2, 0.25) is 0 Å². The van der Waals surface area contributed by atoms with Crippen molar-refractivity contribution < 1.29 is 17.2 Å². The second kappa shape index (κ2) is 7.28. The molecule has 11 heteroatoms. The highest BCUT2D eigenvalue weighted by atomic mass is 35.5. The molecule has 0 amide bonds. The van der Waals surface area contributed by atoms with Gasteiger partial charge in [-0.05, 0) is 30.7 Å². The molecule has 158 valence electrons. The third-order valence-electron chi connectivity index (χ3n) is 5.33. The summed E-state index contributed by atoms with van der Waals surface area (Å²) in [6.45, 7) is 1.66. The van der Waals surface area contributed by atoms with E-state index >= 15 is 0 Å². The Kier molecular flexibility index (Phi) is 5.14. The minimum atomic E-state index is -3.37. The zero-order valence-electron chi connectivity index (χ0n) is 15.9. The molecule has 0 saturated heterocycles. The van der Waals surface area contributed by atoms with Gasteiger partial charge in [0.05, 0.1) is 23.2 Å². The van der Waals surface area contributed by atoms with E-state index in [9.17, 15) is 17.2 Å². The Balaban J connectivity index is 1.75. The topological polar surface area (TPSA) is 98.3 Å². The maximum Gasteiger partial charge on any atom is 0.155 e. The highest BCUT2D eigenvalue weighted by molar-refractivity contribution is 8.15. The first-order chi connectivity index (χ1) is 14.0. The fourth-order valence-corrected chi connectivity index (χ4v) is 7.75. The van der Waals surface area contributed by atoms with Gasteiger partial charge in [0.25, 0.3) is 0 Å². The zero-order valence-corrected chi connectivity index (χ0v) is 18.3. The summed E-state index contributed by atoms with van der Waals surface area (Å²) in [6, 6.07) is 4.07. The van der Waals surface area contributed by atoms with Crippen LogP contribution in [0.3, 0.4) is 0 Å². The number of hydrogen-bond donors (Lipinski definition) is 1. The van der Waals surface area contributed by atoms with E-state index in [2.05, 4.69) is 15.0 Å². The molecule has 1 aliphatic carbocycles. The maximum atomic E-state index is 14.8. The first-order valence-corrected chi connectivity index (χ1v) is 12.1. The van der Waals surface area contributed by atoms with Crippen molar-refractivity contribution in [2.45, 2.75) is 23.0 Å². The van der Waals surface area contributed by atoms with Crippen LogP contribution in [0.4, 0.5) is 8.78 Å². The van der Waals surface area contributed by atoms with Crippen LogP contribution in [0.15, 0.2) is 35.6 Å². The molecule has 30 heavy (non-hydrogen) atoms. The smallest absolute Gasteiger partial charge is 0.155 e. The third kappa shape index (κ3) is 3.72. The summed E-state index contributed by atoms with van der Waals surface area (Å²) >= 11 is 6.86. The van der Waals surface area contributed by atoms with Crippen molar-refractivity contribution in [1.82, 2.24) is 9.97 Å². The van der Waals surface area contributed by atoms with E-state index in [1.54, 1.807) is 6.92 Å². The number of sulfone groups is 1. The van der Waals surface area contributed by atoms with Crippen molar-refractivity contribution in [3.63, 3.8) is 0 Å². The number of hydrogen-bond acceptors (Lipinski definition) is 7. The van der Waals surface area contributed by atoms with E-state index < -0.39 is 38.2 Å². The number of benzene rings is 1. The molecule has 2 aromatic rings. The van der Waals surface area contributed by atoms with Crippen LogP contribution in [0.5, 0.6) is 0 Å². The molecule has 2 aliphatic rings. The summed E-state index contributed by atoms with van der Waals surface area (Å²) in [5, 5.41) is -0.624. The highest BCUT2D eigenvalue weighted by Gasteiger charge is 2.67. The minimum absolute atomic E-state index is 0.0211. The van der Waals surface area contributed by atoms with Gasteiger partial charge in [0.1, 0.15) is 16.7 Å². The third-order valence-corrected chi connectivity index (χ3v) is 8.46. The molecule has 2 N–H and O–H groups in total. The summed E-state index contributed by atoms with van der Waals surface area (Å²) in [5.41, 5.74) is 5.25. The minimum Gasteiger partial charge on any atom is -0.379 e. The molecule has 1 aromatic carbocycles. The van der Waals surface area contributed by atoms with Crippen molar-refractivity contribution in [3.8, 4) is 0 Å². The molecule has 0 spiro atoms. The molecule has 1 aromatic heterocycles. The molecular weight excluding hydrogens is 454 g/mol. The van der Waals surface area contributed by atoms with Crippen LogP contribution >= 0.6 is 23.4 Å². The predicted molar refractivity (Wildman–Crippen MR) is 115 cm³/mol. The second-order valence-corrected chi connectivity index (χ2v) is 11.2. The van der Waals surface area contributed by atoms with Crippen LogP contribution in [0.1, 0.15) is 23.7 Å². The van der Waals surface area contributed by atoms with Crippen molar-refractivity contribution in [2.24, 2.45) is 16.6 Å². The lowest BCUT2D eigenvalue weighted by Crippen LogP contribution is -2.32. The van der Waals surface area contributed by atoms with Crippen LogP contribution < -0.4 is 5.73 Å². The SMILES string of the molecule is C[C@]1(c2cc(/C=C(\F)c3cnc(Cl)cn3)ccc2F)N=C(N)SC2[C@@H](S(C)(=O)=O)[C@H]21. The fraction of sp³-hybridized carbons (Fsp3) is 0.316. The number of nitrogens with zero attached hydrogens (tertiary/aromatic N) is 3. The van der Waals surface area contributed by atoms with Crippen molar-refractivity contribution in [1.29, 1.82) is 0 Å². The molecule has 6 nitrogen and oxygen atoms in total. The Bertz CT molecular complexity index is 1190. The Morgan fingerprint density at radius 2 is 2.07 bits per heavy atom. The van der Waals surface area contributed by atoms with Gasteiger partial charge in [0.15, 0.2) is 20.8 Å². The van der Waals surface area contributed by atoms with E-state index in [-0.39, 0.29) is 26.8 Å². The largest absolute Gasteiger partial charge is 0.379 e. The van der Waals surface area contributed by atoms with Crippen LogP contribution in [0.2, 0.25) is 5.15 Å². The summed E-state index contributed by atoms with van der Waals surface area (Å²) in [4.78, 5) is 12.1. The monoisotopic (exact) mass is 470 g/mol. The van der Waals surface area contributed by atoms with E-state index in [4.69, 9.17) is 17.3 Å². The normalized spacial score (nSPS) is 28.6. The van der Waals surface area contributed by atoms with Crippen LogP contribution in [0.25, 0.3) is 11.9 Å². The first kappa shape index (κ1) is 21.2. The number of amidine groups is 1. The molecule has 1 unspecified atom stereocenters. The molecule has 4 rings (SSSR count). The number of halogens is 3. The second-order valence-electron chi connectivity index (χ2n) is 7.46. The molecule has 1 fully saturated rings. The fourth-order valence-electron chi connectivity index (χ4n) is 3.93. The van der Waals surface area contributed by atoms with Crippen molar-refractivity contribution in [3.05, 3.63) is 58.4 Å². The van der Waals surface area contributed by atoms with E-state index in [0.717, 1.165) is 6.26 Å². The molecule has 1 aliphatic heterocycles. The van der Waals surface area contributed by atoms with Gasteiger partial charge in [-0.25, -0.2) is 27.2 Å². The lowest BCUT2D eigenvalue weighted by atomic mass is 9.86. The Labute approximate surface area is 181 Å². The summed E-state index contributed by atoms with van der Waals surface area (Å²) in [6.07, 6.45) is 4.75. The molecule has 2 heterocycles. The Morgan fingerprint density at radius 1 is 1.33 bits per heavy atom. The number of rotatable bonds is 4. The standard InChI is InChI=1S/C19H17ClF2N4O2S2/c1-19(15-16(29-18(23)26-19)17(15)30(2,27)28)10-5-9(3-4-11(10)21)6-12(22)13-7-25-14(20)8-24-13/h3-8,15-17H,1-2H3,(H2,23,26)/b12-6-/t15-,16?,17-,19+/m0/s1. The lowest BCUT2D eigenvalue weighted by Gasteiger charge is -2.30. The van der Waals surface area contributed by atoms with Gasteiger partial charge in [-0.15, -0.1) is 0 Å². The Hall–Kier alpha value is -2.04. The van der Waals surface area contributed by atoms with Crippen LogP contribution in [0, 0.1) is 11.7 Å². The van der Waals surface area contributed by atoms with Crippen LogP contribution in [-0.4, -0.2) is 40.3 Å². The van der Waals surface area contributed by atoms with Gasteiger partial charge in [-0.3, -0.25) is 4.99 Å². The first-order valence-electron chi connectivity index (χ1n) is 8.86. The summed E-state index contributed by atoms with van der Waals surface area (Å²) < 4.78 is 53.8. The predicted octanol–water partition coefficient (Wildman–Crippen LogP) is 3.43. The zero-order chi connectivity index (χ0) is 21.8. The average molecular weight is 471 g/mol. The number of thioether (sulfide) groups is 1. The molecule has 0 radical (unpaired) electrons. The Morgan fingerprint density at radius 3 is 2.70 bits per heavy atom. The van der Waals surface area contributed by atoms with E-state index in [1.165, 1.54) is 48.4 Å². The van der Waals surface area contributed by atoms with Gasteiger partial charge in [-0.1, -0.05) is 29.4 Å².